The highest BCUT2D eigenvalue weighted by molar-refractivity contribution is 9.10. The SMILES string of the molecule is O=[N+]([O-])c1ccc(NCCc2cn3ccccc3n2)c(Br)c1. The highest BCUT2D eigenvalue weighted by atomic mass is 79.9. The van der Waals surface area contributed by atoms with E-state index in [0.29, 0.717) is 11.0 Å². The monoisotopic (exact) mass is 360 g/mol. The largest absolute Gasteiger partial charge is 0.384 e. The summed E-state index contributed by atoms with van der Waals surface area (Å²) in [7, 11) is 0. The predicted molar refractivity (Wildman–Crippen MR) is 88.2 cm³/mol. The molecule has 0 amide bonds. The Morgan fingerprint density at radius 1 is 1.32 bits per heavy atom. The Labute approximate surface area is 135 Å². The van der Waals surface area contributed by atoms with Gasteiger partial charge in [-0.3, -0.25) is 10.1 Å². The third-order valence-corrected chi connectivity index (χ3v) is 3.93. The van der Waals surface area contributed by atoms with Gasteiger partial charge in [-0.15, -0.1) is 0 Å². The third-order valence-electron chi connectivity index (χ3n) is 3.27. The smallest absolute Gasteiger partial charge is 0.270 e. The van der Waals surface area contributed by atoms with Crippen LogP contribution in [0.3, 0.4) is 0 Å². The van der Waals surface area contributed by atoms with Gasteiger partial charge in [0, 0.05) is 47.7 Å². The molecule has 7 heteroatoms. The van der Waals surface area contributed by atoms with Crippen molar-refractivity contribution in [2.45, 2.75) is 6.42 Å². The van der Waals surface area contributed by atoms with Crippen LogP contribution in [-0.2, 0) is 6.42 Å². The second-order valence-corrected chi connectivity index (χ2v) is 5.65. The van der Waals surface area contributed by atoms with Crippen molar-refractivity contribution in [2.24, 2.45) is 0 Å². The van der Waals surface area contributed by atoms with E-state index in [2.05, 4.69) is 26.2 Å². The summed E-state index contributed by atoms with van der Waals surface area (Å²) in [6, 6.07) is 10.6. The fraction of sp³-hybridized carbons (Fsp3) is 0.133. The summed E-state index contributed by atoms with van der Waals surface area (Å²) < 4.78 is 2.66. The molecule has 0 unspecified atom stereocenters. The van der Waals surface area contributed by atoms with Crippen molar-refractivity contribution < 1.29 is 4.92 Å². The number of fused-ring (bicyclic) bond motifs is 1. The van der Waals surface area contributed by atoms with Crippen molar-refractivity contribution in [3.05, 3.63) is 69.1 Å². The lowest BCUT2D eigenvalue weighted by Gasteiger charge is -2.07. The van der Waals surface area contributed by atoms with Crippen LogP contribution >= 0.6 is 15.9 Å². The number of pyridine rings is 1. The lowest BCUT2D eigenvalue weighted by Crippen LogP contribution is -2.05. The van der Waals surface area contributed by atoms with Crippen molar-refractivity contribution in [3.63, 3.8) is 0 Å². The molecule has 2 heterocycles. The molecule has 0 aliphatic heterocycles. The maximum atomic E-state index is 10.7. The maximum absolute atomic E-state index is 10.7. The highest BCUT2D eigenvalue weighted by Gasteiger charge is 2.09. The first-order valence-corrected chi connectivity index (χ1v) is 7.53. The van der Waals surface area contributed by atoms with Crippen LogP contribution in [0.5, 0.6) is 0 Å². The van der Waals surface area contributed by atoms with E-state index in [1.54, 1.807) is 6.07 Å². The molecule has 0 atom stereocenters. The zero-order valence-corrected chi connectivity index (χ0v) is 13.2. The fourth-order valence-electron chi connectivity index (χ4n) is 2.19. The second-order valence-electron chi connectivity index (χ2n) is 4.80. The van der Waals surface area contributed by atoms with Crippen LogP contribution in [0.15, 0.2) is 53.3 Å². The van der Waals surface area contributed by atoms with Gasteiger partial charge in [-0.05, 0) is 34.1 Å². The van der Waals surface area contributed by atoms with Crippen LogP contribution in [0.1, 0.15) is 5.69 Å². The van der Waals surface area contributed by atoms with E-state index in [4.69, 9.17) is 0 Å². The first kappa shape index (κ1) is 14.5. The number of halogens is 1. The van der Waals surface area contributed by atoms with Crippen molar-refractivity contribution in [1.82, 2.24) is 9.38 Å². The van der Waals surface area contributed by atoms with Crippen molar-refractivity contribution in [1.29, 1.82) is 0 Å². The summed E-state index contributed by atoms with van der Waals surface area (Å²) >= 11 is 3.34. The number of aromatic nitrogens is 2. The van der Waals surface area contributed by atoms with Gasteiger partial charge >= 0.3 is 0 Å². The summed E-state index contributed by atoms with van der Waals surface area (Å²) in [5.74, 6) is 0. The number of rotatable bonds is 5. The van der Waals surface area contributed by atoms with Gasteiger partial charge in [0.2, 0.25) is 0 Å². The van der Waals surface area contributed by atoms with E-state index in [1.807, 2.05) is 35.0 Å². The van der Waals surface area contributed by atoms with Gasteiger partial charge in [-0.25, -0.2) is 4.98 Å². The predicted octanol–water partition coefficient (Wildman–Crippen LogP) is 3.66. The number of hydrogen-bond donors (Lipinski definition) is 1. The van der Waals surface area contributed by atoms with Crippen LogP contribution in [0.2, 0.25) is 0 Å². The molecular weight excluding hydrogens is 348 g/mol. The molecular formula is C15H13BrN4O2. The Bertz CT molecular complexity index is 798. The Kier molecular flexibility index (Phi) is 4.06. The molecule has 0 radical (unpaired) electrons. The summed E-state index contributed by atoms with van der Waals surface area (Å²) in [5.41, 5.74) is 2.82. The summed E-state index contributed by atoms with van der Waals surface area (Å²) in [4.78, 5) is 14.8. The van der Waals surface area contributed by atoms with Gasteiger partial charge in [0.05, 0.1) is 10.6 Å². The van der Waals surface area contributed by atoms with Crippen LogP contribution in [0.4, 0.5) is 11.4 Å². The Morgan fingerprint density at radius 3 is 2.91 bits per heavy atom. The quantitative estimate of drug-likeness (QED) is 0.556. The van der Waals surface area contributed by atoms with Gasteiger partial charge in [-0.2, -0.15) is 0 Å². The maximum Gasteiger partial charge on any atom is 0.270 e. The summed E-state index contributed by atoms with van der Waals surface area (Å²) in [6.07, 6.45) is 4.74. The average molecular weight is 361 g/mol. The van der Waals surface area contributed by atoms with Gasteiger partial charge in [0.15, 0.2) is 0 Å². The number of hydrogen-bond acceptors (Lipinski definition) is 4. The molecule has 0 aliphatic carbocycles. The van der Waals surface area contributed by atoms with Gasteiger partial charge in [0.25, 0.3) is 5.69 Å². The molecule has 1 N–H and O–H groups in total. The number of imidazole rings is 1. The molecule has 3 aromatic rings. The van der Waals surface area contributed by atoms with E-state index in [9.17, 15) is 10.1 Å². The van der Waals surface area contributed by atoms with Gasteiger partial charge in [0.1, 0.15) is 5.65 Å². The molecule has 0 bridgehead atoms. The number of nitro groups is 1. The van der Waals surface area contributed by atoms with Crippen LogP contribution < -0.4 is 5.32 Å². The number of anilines is 1. The number of benzene rings is 1. The van der Waals surface area contributed by atoms with Gasteiger partial charge < -0.3 is 9.72 Å². The number of nitro benzene ring substituents is 1. The van der Waals surface area contributed by atoms with Crippen molar-refractivity contribution >= 4 is 33.0 Å². The minimum Gasteiger partial charge on any atom is -0.384 e. The topological polar surface area (TPSA) is 72.5 Å². The fourth-order valence-corrected chi connectivity index (χ4v) is 2.70. The molecule has 112 valence electrons. The van der Waals surface area contributed by atoms with E-state index in [-0.39, 0.29) is 5.69 Å². The van der Waals surface area contributed by atoms with E-state index in [1.165, 1.54) is 12.1 Å². The number of nitrogens with zero attached hydrogens (tertiary/aromatic N) is 3. The Morgan fingerprint density at radius 2 is 2.18 bits per heavy atom. The summed E-state index contributed by atoms with van der Waals surface area (Å²) in [5, 5.41) is 14.0. The minimum absolute atomic E-state index is 0.0674. The molecule has 2 aromatic heterocycles. The second kappa shape index (κ2) is 6.15. The molecule has 0 fully saturated rings. The summed E-state index contributed by atoms with van der Waals surface area (Å²) in [6.45, 7) is 0.695. The highest BCUT2D eigenvalue weighted by Crippen LogP contribution is 2.27. The standard InChI is InChI=1S/C15H13BrN4O2/c16-13-9-12(20(21)22)4-5-14(13)17-7-6-11-10-19-8-2-1-3-15(19)18-11/h1-5,8-10,17H,6-7H2. The molecule has 0 saturated heterocycles. The zero-order chi connectivity index (χ0) is 15.5. The molecule has 22 heavy (non-hydrogen) atoms. The average Bonchev–Trinajstić information content (AvgIpc) is 2.91. The Balaban J connectivity index is 1.64. The van der Waals surface area contributed by atoms with Crippen molar-refractivity contribution in [2.75, 3.05) is 11.9 Å². The first-order chi connectivity index (χ1) is 10.6. The zero-order valence-electron chi connectivity index (χ0n) is 11.6. The van der Waals surface area contributed by atoms with Gasteiger partial charge in [-0.1, -0.05) is 6.07 Å². The molecule has 0 saturated carbocycles. The molecule has 3 rings (SSSR count). The first-order valence-electron chi connectivity index (χ1n) is 6.74. The van der Waals surface area contributed by atoms with E-state index < -0.39 is 4.92 Å². The lowest BCUT2D eigenvalue weighted by molar-refractivity contribution is -0.384. The van der Waals surface area contributed by atoms with Crippen LogP contribution in [0.25, 0.3) is 5.65 Å². The van der Waals surface area contributed by atoms with Crippen LogP contribution in [-0.4, -0.2) is 20.9 Å². The number of non-ortho nitro benzene ring substituents is 1. The van der Waals surface area contributed by atoms with E-state index >= 15 is 0 Å². The normalized spacial score (nSPS) is 10.8. The minimum atomic E-state index is -0.412. The molecule has 0 spiro atoms. The molecule has 1 aromatic carbocycles. The molecule has 6 nitrogen and oxygen atoms in total. The Hall–Kier alpha value is -2.41. The molecule has 0 aliphatic rings. The van der Waals surface area contributed by atoms with E-state index in [0.717, 1.165) is 23.4 Å². The third kappa shape index (κ3) is 3.09. The van der Waals surface area contributed by atoms with Crippen molar-refractivity contribution in [3.8, 4) is 0 Å². The lowest BCUT2D eigenvalue weighted by atomic mass is 10.2. The van der Waals surface area contributed by atoms with Crippen LogP contribution in [0, 0.1) is 10.1 Å². The number of nitrogens with one attached hydrogen (secondary N) is 1.